The van der Waals surface area contributed by atoms with Gasteiger partial charge in [0.25, 0.3) is 0 Å². The molecule has 0 heterocycles. The molecule has 0 saturated carbocycles. The zero-order chi connectivity index (χ0) is 8.69. The molecular formula is C9H16O. The van der Waals surface area contributed by atoms with Gasteiger partial charge in [0.15, 0.2) is 0 Å². The van der Waals surface area contributed by atoms with Crippen LogP contribution in [0, 0.1) is 0 Å². The summed E-state index contributed by atoms with van der Waals surface area (Å²) in [4.78, 5) is 10.9. The average Bonchev–Trinajstić information content (AvgIpc) is 2.06. The van der Waals surface area contributed by atoms with Crippen molar-refractivity contribution in [2.45, 2.75) is 39.5 Å². The van der Waals surface area contributed by atoms with E-state index < -0.39 is 0 Å². The van der Waals surface area contributed by atoms with Crippen LogP contribution in [-0.2, 0) is 4.79 Å². The molecule has 0 aliphatic carbocycles. The molecule has 0 rings (SSSR count). The zero-order valence-electron chi connectivity index (χ0n) is 7.81. The number of carbonyl (C=O) groups is 1. The maximum absolute atomic E-state index is 10.9. The molecule has 0 aromatic carbocycles. The molecule has 10 heavy (non-hydrogen) atoms. The monoisotopic (exact) mass is 141 g/mol. The molecule has 0 atom stereocenters. The normalized spacial score (nSPS) is 13.0. The standard InChI is InChI=1S/C9H16O/c1-4-8(3)6-7-9(10)5-2/h3-7H2,1-2H3/i3D. The maximum Gasteiger partial charge on any atom is 0.132 e. The molecule has 0 aliphatic heterocycles. The van der Waals surface area contributed by atoms with Crippen molar-refractivity contribution in [1.29, 1.82) is 0 Å². The molecule has 0 saturated heterocycles. The summed E-state index contributed by atoms with van der Waals surface area (Å²) >= 11 is 0. The van der Waals surface area contributed by atoms with Crippen LogP contribution < -0.4 is 0 Å². The van der Waals surface area contributed by atoms with E-state index in [4.69, 9.17) is 1.37 Å². The summed E-state index contributed by atoms with van der Waals surface area (Å²) in [6.45, 7) is 5.25. The molecule has 0 amide bonds. The molecular weight excluding hydrogens is 124 g/mol. The lowest BCUT2D eigenvalue weighted by Gasteiger charge is -1.98. The van der Waals surface area contributed by atoms with E-state index in [1.165, 1.54) is 6.55 Å². The van der Waals surface area contributed by atoms with Crippen molar-refractivity contribution >= 4 is 5.78 Å². The van der Waals surface area contributed by atoms with E-state index in [0.717, 1.165) is 18.4 Å². The van der Waals surface area contributed by atoms with Crippen LogP contribution in [-0.4, -0.2) is 5.78 Å². The highest BCUT2D eigenvalue weighted by molar-refractivity contribution is 5.78. The van der Waals surface area contributed by atoms with E-state index in [0.29, 0.717) is 12.8 Å². The van der Waals surface area contributed by atoms with Gasteiger partial charge in [0.1, 0.15) is 5.78 Å². The number of rotatable bonds is 5. The first-order valence-electron chi connectivity index (χ1n) is 4.40. The minimum atomic E-state index is 0.290. The SMILES string of the molecule is [2H]C=C(CC)CCC(=O)CC. The van der Waals surface area contributed by atoms with E-state index in [9.17, 15) is 4.79 Å². The van der Waals surface area contributed by atoms with Gasteiger partial charge in [-0.25, -0.2) is 0 Å². The van der Waals surface area contributed by atoms with Crippen molar-refractivity contribution < 1.29 is 6.17 Å². The molecule has 58 valence electrons. The van der Waals surface area contributed by atoms with Gasteiger partial charge in [-0.05, 0) is 12.8 Å². The number of hydrogen-bond acceptors (Lipinski definition) is 1. The fourth-order valence-corrected chi connectivity index (χ4v) is 0.654. The van der Waals surface area contributed by atoms with E-state index in [1.54, 1.807) is 0 Å². The van der Waals surface area contributed by atoms with Crippen molar-refractivity contribution in [3.8, 4) is 0 Å². The molecule has 0 aromatic rings. The Hall–Kier alpha value is -0.590. The maximum atomic E-state index is 10.9. The van der Waals surface area contributed by atoms with Crippen LogP contribution in [0.5, 0.6) is 0 Å². The Labute approximate surface area is 64.5 Å². The predicted molar refractivity (Wildman–Crippen MR) is 44.0 cm³/mol. The molecule has 1 heteroatoms. The molecule has 0 aliphatic rings. The van der Waals surface area contributed by atoms with Crippen LogP contribution in [0.15, 0.2) is 12.1 Å². The first-order chi connectivity index (χ1) is 5.24. The third-order valence-corrected chi connectivity index (χ3v) is 1.57. The fraction of sp³-hybridized carbons (Fsp3) is 0.667. The second-order valence-electron chi connectivity index (χ2n) is 2.40. The molecule has 0 spiro atoms. The van der Waals surface area contributed by atoms with Gasteiger partial charge in [-0.2, -0.15) is 0 Å². The summed E-state index contributed by atoms with van der Waals surface area (Å²) in [5.41, 5.74) is 1.06. The van der Waals surface area contributed by atoms with Gasteiger partial charge in [0, 0.05) is 12.8 Å². The van der Waals surface area contributed by atoms with E-state index in [-0.39, 0.29) is 5.78 Å². The highest BCUT2D eigenvalue weighted by atomic mass is 16.1. The molecule has 0 bridgehead atoms. The average molecular weight is 141 g/mol. The molecule has 0 aromatic heterocycles. The van der Waals surface area contributed by atoms with Crippen molar-refractivity contribution in [3.05, 3.63) is 12.1 Å². The van der Waals surface area contributed by atoms with E-state index >= 15 is 0 Å². The first kappa shape index (κ1) is 7.52. The molecule has 0 N–H and O–H groups in total. The lowest BCUT2D eigenvalue weighted by molar-refractivity contribution is -0.118. The van der Waals surface area contributed by atoms with Gasteiger partial charge in [-0.1, -0.05) is 26.0 Å². The van der Waals surface area contributed by atoms with Gasteiger partial charge >= 0.3 is 0 Å². The van der Waals surface area contributed by atoms with Crippen LogP contribution in [0.3, 0.4) is 0 Å². The summed E-state index contributed by atoms with van der Waals surface area (Å²) in [5, 5.41) is 0. The summed E-state index contributed by atoms with van der Waals surface area (Å²) in [7, 11) is 0. The van der Waals surface area contributed by atoms with Gasteiger partial charge in [0.05, 0.1) is 1.37 Å². The van der Waals surface area contributed by atoms with Gasteiger partial charge in [-0.3, -0.25) is 4.79 Å². The second kappa shape index (κ2) is 5.21. The highest BCUT2D eigenvalue weighted by Crippen LogP contribution is 2.06. The molecule has 0 fully saturated rings. The number of hydrogen-bond donors (Lipinski definition) is 0. The van der Waals surface area contributed by atoms with Crippen LogP contribution in [0.1, 0.15) is 40.9 Å². The molecule has 1 nitrogen and oxygen atoms in total. The third kappa shape index (κ3) is 4.30. The summed E-state index contributed by atoms with van der Waals surface area (Å²) in [6, 6.07) is 0. The minimum absolute atomic E-state index is 0.290. The van der Waals surface area contributed by atoms with Crippen LogP contribution >= 0.6 is 0 Å². The van der Waals surface area contributed by atoms with Gasteiger partial charge in [-0.15, -0.1) is 0 Å². The van der Waals surface area contributed by atoms with Crippen LogP contribution in [0.4, 0.5) is 0 Å². The number of allylic oxidation sites excluding steroid dienone is 1. The Balaban J connectivity index is 3.60. The number of carbonyl (C=O) groups excluding carboxylic acids is 1. The fourth-order valence-electron chi connectivity index (χ4n) is 0.654. The van der Waals surface area contributed by atoms with Gasteiger partial charge in [0.2, 0.25) is 0 Å². The van der Waals surface area contributed by atoms with Crippen molar-refractivity contribution in [1.82, 2.24) is 0 Å². The van der Waals surface area contributed by atoms with Crippen molar-refractivity contribution in [2.75, 3.05) is 0 Å². The Bertz CT molecular complexity index is 150. The summed E-state index contributed by atoms with van der Waals surface area (Å²) in [6.07, 6.45) is 2.89. The first-order valence-corrected chi connectivity index (χ1v) is 3.82. The summed E-state index contributed by atoms with van der Waals surface area (Å²) in [5.74, 6) is 0.290. The number of Topliss-reactive ketones (excluding diaryl/α,β-unsaturated/α-hetero) is 1. The van der Waals surface area contributed by atoms with Crippen LogP contribution in [0.25, 0.3) is 0 Å². The zero-order valence-corrected chi connectivity index (χ0v) is 6.81. The Morgan fingerprint density at radius 2 is 2.10 bits per heavy atom. The second-order valence-corrected chi connectivity index (χ2v) is 2.40. The summed E-state index contributed by atoms with van der Waals surface area (Å²) < 4.78 is 6.99. The lowest BCUT2D eigenvalue weighted by Crippen LogP contribution is -1.94. The lowest BCUT2D eigenvalue weighted by atomic mass is 10.1. The Kier molecular flexibility index (Phi) is 3.92. The smallest absolute Gasteiger partial charge is 0.132 e. The van der Waals surface area contributed by atoms with Crippen molar-refractivity contribution in [3.63, 3.8) is 0 Å². The van der Waals surface area contributed by atoms with Crippen LogP contribution in [0.2, 0.25) is 0 Å². The molecule has 0 unspecified atom stereocenters. The number of ketones is 1. The molecule has 0 radical (unpaired) electrons. The Morgan fingerprint density at radius 1 is 1.40 bits per heavy atom. The predicted octanol–water partition coefficient (Wildman–Crippen LogP) is 2.71. The van der Waals surface area contributed by atoms with E-state index in [2.05, 4.69) is 0 Å². The highest BCUT2D eigenvalue weighted by Gasteiger charge is 1.97. The Morgan fingerprint density at radius 3 is 2.50 bits per heavy atom. The van der Waals surface area contributed by atoms with Crippen molar-refractivity contribution in [2.24, 2.45) is 0 Å². The quantitative estimate of drug-likeness (QED) is 0.538. The van der Waals surface area contributed by atoms with E-state index in [1.807, 2.05) is 13.8 Å². The van der Waals surface area contributed by atoms with Gasteiger partial charge < -0.3 is 0 Å². The minimum Gasteiger partial charge on any atom is -0.300 e. The largest absolute Gasteiger partial charge is 0.300 e. The third-order valence-electron chi connectivity index (χ3n) is 1.57. The topological polar surface area (TPSA) is 17.1 Å².